The first-order valence-corrected chi connectivity index (χ1v) is 7.17. The Morgan fingerprint density at radius 2 is 1.92 bits per heavy atom. The van der Waals surface area contributed by atoms with Gasteiger partial charge in [0.05, 0.1) is 24.3 Å². The second-order valence-corrected chi connectivity index (χ2v) is 4.94. The lowest BCUT2D eigenvalue weighted by Crippen LogP contribution is -2.18. The Balaban J connectivity index is 1.75. The lowest BCUT2D eigenvalue weighted by molar-refractivity contribution is 0.0955. The van der Waals surface area contributed by atoms with Crippen molar-refractivity contribution >= 4 is 23.1 Å². The largest absolute Gasteiger partial charge is 0.497 e. The van der Waals surface area contributed by atoms with Crippen LogP contribution in [0.5, 0.6) is 5.75 Å². The first kappa shape index (κ1) is 15.5. The summed E-state index contributed by atoms with van der Waals surface area (Å²) in [5.41, 5.74) is 3.34. The molecule has 1 heterocycles. The molecule has 1 amide bonds. The number of para-hydroxylation sites is 1. The van der Waals surface area contributed by atoms with E-state index in [0.717, 1.165) is 0 Å². The molecule has 3 rings (SSSR count). The Labute approximate surface area is 137 Å². The number of hydrogen-bond donors (Lipinski definition) is 1. The number of carbonyl (C=O) groups excluding carboxylic acids is 1. The zero-order valence-electron chi connectivity index (χ0n) is 12.9. The lowest BCUT2D eigenvalue weighted by Gasteiger charge is -2.02. The van der Waals surface area contributed by atoms with Gasteiger partial charge in [-0.2, -0.15) is 5.10 Å². The molecule has 120 valence electrons. The molecule has 6 heteroatoms. The highest BCUT2D eigenvalue weighted by Crippen LogP contribution is 2.11. The standard InChI is InChI=1S/C18H14N2O4/c1-23-14-8-6-12(7-9-14)18(22)20-19-10-13-11-24-16-5-3-2-4-15(16)17(13)21/h2-11H,1H3,(H,20,22)/b19-10-. The highest BCUT2D eigenvalue weighted by atomic mass is 16.5. The van der Waals surface area contributed by atoms with Crippen molar-refractivity contribution < 1.29 is 13.9 Å². The number of hydrazone groups is 1. The third kappa shape index (κ3) is 3.17. The molecule has 1 aromatic heterocycles. The predicted molar refractivity (Wildman–Crippen MR) is 90.5 cm³/mol. The van der Waals surface area contributed by atoms with Crippen LogP contribution < -0.4 is 15.6 Å². The molecule has 3 aromatic rings. The van der Waals surface area contributed by atoms with Gasteiger partial charge in [0, 0.05) is 5.56 Å². The zero-order valence-corrected chi connectivity index (χ0v) is 12.9. The minimum absolute atomic E-state index is 0.209. The van der Waals surface area contributed by atoms with Crippen LogP contribution in [0.25, 0.3) is 11.0 Å². The van der Waals surface area contributed by atoms with Gasteiger partial charge in [-0.25, -0.2) is 5.43 Å². The minimum Gasteiger partial charge on any atom is -0.497 e. The van der Waals surface area contributed by atoms with Gasteiger partial charge in [0.1, 0.15) is 17.6 Å². The van der Waals surface area contributed by atoms with Crippen LogP contribution in [0, 0.1) is 0 Å². The van der Waals surface area contributed by atoms with Gasteiger partial charge in [0.25, 0.3) is 5.91 Å². The summed E-state index contributed by atoms with van der Waals surface area (Å²) in [6.45, 7) is 0. The second-order valence-electron chi connectivity index (χ2n) is 4.94. The van der Waals surface area contributed by atoms with E-state index in [9.17, 15) is 9.59 Å². The van der Waals surface area contributed by atoms with E-state index in [1.54, 1.807) is 55.6 Å². The molecule has 1 N–H and O–H groups in total. The highest BCUT2D eigenvalue weighted by molar-refractivity contribution is 5.95. The summed E-state index contributed by atoms with van der Waals surface area (Å²) in [7, 11) is 1.55. The van der Waals surface area contributed by atoms with Gasteiger partial charge in [-0.05, 0) is 36.4 Å². The van der Waals surface area contributed by atoms with Crippen molar-refractivity contribution in [3.05, 3.63) is 76.1 Å². The molecule has 24 heavy (non-hydrogen) atoms. The SMILES string of the molecule is COc1ccc(C(=O)N/N=C\c2coc3ccccc3c2=O)cc1. The maximum atomic E-state index is 12.3. The quantitative estimate of drug-likeness (QED) is 0.591. The van der Waals surface area contributed by atoms with Crippen molar-refractivity contribution in [2.45, 2.75) is 0 Å². The first-order chi connectivity index (χ1) is 11.7. The average molecular weight is 322 g/mol. The lowest BCUT2D eigenvalue weighted by atomic mass is 10.2. The molecule has 0 aliphatic carbocycles. The molecule has 0 aliphatic heterocycles. The van der Waals surface area contributed by atoms with Gasteiger partial charge < -0.3 is 9.15 Å². The van der Waals surface area contributed by atoms with Crippen molar-refractivity contribution in [3.8, 4) is 5.75 Å². The first-order valence-electron chi connectivity index (χ1n) is 7.17. The van der Waals surface area contributed by atoms with E-state index >= 15 is 0 Å². The summed E-state index contributed by atoms with van der Waals surface area (Å²) in [6, 6.07) is 13.5. The van der Waals surface area contributed by atoms with Gasteiger partial charge in [0.2, 0.25) is 5.43 Å². The van der Waals surface area contributed by atoms with Crippen molar-refractivity contribution in [2.24, 2.45) is 5.10 Å². The number of nitrogens with zero attached hydrogens (tertiary/aromatic N) is 1. The van der Waals surface area contributed by atoms with E-state index in [1.807, 2.05) is 0 Å². The van der Waals surface area contributed by atoms with Crippen molar-refractivity contribution in [1.29, 1.82) is 0 Å². The van der Waals surface area contributed by atoms with Crippen LogP contribution in [0.1, 0.15) is 15.9 Å². The Morgan fingerprint density at radius 1 is 1.17 bits per heavy atom. The number of hydrogen-bond acceptors (Lipinski definition) is 5. The molecule has 0 spiro atoms. The maximum absolute atomic E-state index is 12.3. The van der Waals surface area contributed by atoms with Crippen LogP contribution in [0.3, 0.4) is 0 Å². The minimum atomic E-state index is -0.390. The number of rotatable bonds is 4. The van der Waals surface area contributed by atoms with Crippen LogP contribution >= 0.6 is 0 Å². The Morgan fingerprint density at radius 3 is 2.67 bits per heavy atom. The normalized spacial score (nSPS) is 10.9. The molecular weight excluding hydrogens is 308 g/mol. The molecule has 0 saturated heterocycles. The van der Waals surface area contributed by atoms with Gasteiger partial charge in [-0.1, -0.05) is 12.1 Å². The van der Waals surface area contributed by atoms with E-state index in [4.69, 9.17) is 9.15 Å². The highest BCUT2D eigenvalue weighted by Gasteiger charge is 2.06. The zero-order chi connectivity index (χ0) is 16.9. The van der Waals surface area contributed by atoms with Gasteiger partial charge >= 0.3 is 0 Å². The number of amides is 1. The molecular formula is C18H14N2O4. The monoisotopic (exact) mass is 322 g/mol. The van der Waals surface area contributed by atoms with Gasteiger partial charge in [-0.15, -0.1) is 0 Å². The van der Waals surface area contributed by atoms with Crippen LogP contribution in [0.2, 0.25) is 0 Å². The number of fused-ring (bicyclic) bond motifs is 1. The molecule has 0 atom stereocenters. The maximum Gasteiger partial charge on any atom is 0.271 e. The fourth-order valence-corrected chi connectivity index (χ4v) is 2.15. The van der Waals surface area contributed by atoms with Crippen molar-refractivity contribution in [1.82, 2.24) is 5.43 Å². The molecule has 0 radical (unpaired) electrons. The van der Waals surface area contributed by atoms with Crippen LogP contribution in [-0.4, -0.2) is 19.2 Å². The third-order valence-electron chi connectivity index (χ3n) is 3.43. The number of benzene rings is 2. The van der Waals surface area contributed by atoms with Gasteiger partial charge in [0.15, 0.2) is 0 Å². The van der Waals surface area contributed by atoms with Crippen LogP contribution in [0.15, 0.2) is 69.1 Å². The summed E-state index contributed by atoms with van der Waals surface area (Å²) in [5.74, 6) is 0.267. The number of carbonyl (C=O) groups is 1. The topological polar surface area (TPSA) is 80.9 Å². The van der Waals surface area contributed by atoms with E-state index in [0.29, 0.717) is 22.3 Å². The van der Waals surface area contributed by atoms with Crippen LogP contribution in [0.4, 0.5) is 0 Å². The molecule has 0 fully saturated rings. The number of nitrogens with one attached hydrogen (secondary N) is 1. The molecule has 0 unspecified atom stereocenters. The summed E-state index contributed by atoms with van der Waals surface area (Å²) in [4.78, 5) is 24.2. The molecule has 0 aliphatic rings. The number of methoxy groups -OCH3 is 1. The average Bonchev–Trinajstić information content (AvgIpc) is 2.64. The summed E-state index contributed by atoms with van der Waals surface area (Å²) in [6.07, 6.45) is 2.58. The summed E-state index contributed by atoms with van der Waals surface area (Å²) >= 11 is 0. The molecule has 2 aromatic carbocycles. The van der Waals surface area contributed by atoms with Crippen molar-refractivity contribution in [2.75, 3.05) is 7.11 Å². The third-order valence-corrected chi connectivity index (χ3v) is 3.43. The molecule has 0 saturated carbocycles. The van der Waals surface area contributed by atoms with E-state index in [1.165, 1.54) is 12.5 Å². The van der Waals surface area contributed by atoms with Crippen LogP contribution in [-0.2, 0) is 0 Å². The Kier molecular flexibility index (Phi) is 4.38. The Bertz CT molecular complexity index is 959. The molecule has 6 nitrogen and oxygen atoms in total. The fourth-order valence-electron chi connectivity index (χ4n) is 2.15. The van der Waals surface area contributed by atoms with Crippen molar-refractivity contribution in [3.63, 3.8) is 0 Å². The predicted octanol–water partition coefficient (Wildman–Crippen LogP) is 2.57. The number of ether oxygens (including phenoxy) is 1. The van der Waals surface area contributed by atoms with E-state index in [2.05, 4.69) is 10.5 Å². The van der Waals surface area contributed by atoms with E-state index < -0.39 is 0 Å². The van der Waals surface area contributed by atoms with Gasteiger partial charge in [-0.3, -0.25) is 9.59 Å². The second kappa shape index (κ2) is 6.78. The molecule has 0 bridgehead atoms. The van der Waals surface area contributed by atoms with E-state index in [-0.39, 0.29) is 16.9 Å². The fraction of sp³-hybridized carbons (Fsp3) is 0.0556. The Hall–Kier alpha value is -3.41. The summed E-state index contributed by atoms with van der Waals surface area (Å²) in [5, 5.41) is 4.27. The smallest absolute Gasteiger partial charge is 0.271 e. The summed E-state index contributed by atoms with van der Waals surface area (Å²) < 4.78 is 10.4.